The Morgan fingerprint density at radius 2 is 1.04 bits per heavy atom. The van der Waals surface area contributed by atoms with Crippen molar-refractivity contribution in [2.45, 2.75) is 0 Å². The van der Waals surface area contributed by atoms with Crippen molar-refractivity contribution < 1.29 is 0 Å². The number of hydrogen-bond acceptors (Lipinski definition) is 2. The maximum atomic E-state index is 5.48. The molecule has 52 heavy (non-hydrogen) atoms. The van der Waals surface area contributed by atoms with E-state index in [1.54, 1.807) is 0 Å². The van der Waals surface area contributed by atoms with Crippen LogP contribution >= 0.6 is 0 Å². The first-order valence-corrected chi connectivity index (χ1v) is 17.8. The Kier molecular flexibility index (Phi) is 5.47. The molecule has 0 radical (unpaired) electrons. The smallest absolute Gasteiger partial charge is 0.235 e. The molecule has 4 nitrogen and oxygen atoms in total. The van der Waals surface area contributed by atoms with Gasteiger partial charge in [0.2, 0.25) is 5.95 Å². The van der Waals surface area contributed by atoms with Gasteiger partial charge < -0.3 is 4.40 Å². The maximum absolute atomic E-state index is 5.48. The summed E-state index contributed by atoms with van der Waals surface area (Å²) in [6.45, 7) is 0. The molecule has 0 atom stereocenters. The molecule has 12 rings (SSSR count). The Morgan fingerprint density at radius 1 is 0.365 bits per heavy atom. The van der Waals surface area contributed by atoms with Crippen LogP contribution in [0.25, 0.3) is 110 Å². The number of para-hydroxylation sites is 3. The van der Waals surface area contributed by atoms with Crippen LogP contribution < -0.4 is 0 Å². The van der Waals surface area contributed by atoms with Crippen LogP contribution in [-0.2, 0) is 0 Å². The molecule has 0 aliphatic heterocycles. The molecule has 0 bridgehead atoms. The van der Waals surface area contributed by atoms with Gasteiger partial charge in [0.15, 0.2) is 0 Å². The molecule has 0 spiro atoms. The second-order valence-corrected chi connectivity index (χ2v) is 13.8. The number of nitrogens with zero attached hydrogens (tertiary/aromatic N) is 4. The van der Waals surface area contributed by atoms with E-state index in [1.165, 1.54) is 70.8 Å². The number of fused-ring (bicyclic) bond motifs is 12. The topological polar surface area (TPSA) is 35.1 Å². The third-order valence-electron chi connectivity index (χ3n) is 11.0. The SMILES string of the molecule is c1ccc(-c2ccc3c4cc5c6ccccc6n(-c6nc(-c7ccc8ccccc8c7)c7ccccc7n6)c5c5c6ccccc6n(c3c2)c45)cc1. The van der Waals surface area contributed by atoms with Gasteiger partial charge in [-0.1, -0.05) is 133 Å². The van der Waals surface area contributed by atoms with Crippen LogP contribution in [0, 0.1) is 0 Å². The zero-order chi connectivity index (χ0) is 33.9. The minimum Gasteiger partial charge on any atom is -0.308 e. The summed E-state index contributed by atoms with van der Waals surface area (Å²) in [7, 11) is 0. The van der Waals surface area contributed by atoms with Crippen molar-refractivity contribution >= 4 is 81.6 Å². The van der Waals surface area contributed by atoms with E-state index in [4.69, 9.17) is 9.97 Å². The van der Waals surface area contributed by atoms with Crippen LogP contribution in [0.4, 0.5) is 0 Å². The van der Waals surface area contributed by atoms with Crippen LogP contribution in [-0.4, -0.2) is 18.9 Å². The number of rotatable bonds is 3. The molecule has 0 N–H and O–H groups in total. The molecule has 8 aromatic carbocycles. The fourth-order valence-electron chi connectivity index (χ4n) is 8.74. The van der Waals surface area contributed by atoms with E-state index < -0.39 is 0 Å². The molecular weight excluding hydrogens is 633 g/mol. The van der Waals surface area contributed by atoms with Gasteiger partial charge in [0, 0.05) is 43.3 Å². The lowest BCUT2D eigenvalue weighted by Gasteiger charge is -2.13. The van der Waals surface area contributed by atoms with E-state index >= 15 is 0 Å². The molecule has 0 fully saturated rings. The molecule has 4 heterocycles. The molecule has 0 unspecified atom stereocenters. The van der Waals surface area contributed by atoms with Crippen molar-refractivity contribution in [2.75, 3.05) is 0 Å². The van der Waals surface area contributed by atoms with Gasteiger partial charge in [-0.3, -0.25) is 4.57 Å². The van der Waals surface area contributed by atoms with Gasteiger partial charge in [0.05, 0.1) is 38.8 Å². The van der Waals surface area contributed by atoms with Crippen LogP contribution in [0.1, 0.15) is 0 Å². The minimum atomic E-state index is 0.669. The lowest BCUT2D eigenvalue weighted by molar-refractivity contribution is 1.02. The number of benzene rings is 8. The summed E-state index contributed by atoms with van der Waals surface area (Å²) >= 11 is 0. The second-order valence-electron chi connectivity index (χ2n) is 13.8. The van der Waals surface area contributed by atoms with E-state index in [9.17, 15) is 0 Å². The van der Waals surface area contributed by atoms with Crippen LogP contribution in [0.5, 0.6) is 0 Å². The van der Waals surface area contributed by atoms with Gasteiger partial charge in [-0.25, -0.2) is 9.97 Å². The Hall–Kier alpha value is -7.04. The predicted molar refractivity (Wildman–Crippen MR) is 217 cm³/mol. The zero-order valence-electron chi connectivity index (χ0n) is 28.0. The Balaban J connectivity index is 1.24. The monoisotopic (exact) mass is 660 g/mol. The van der Waals surface area contributed by atoms with E-state index in [2.05, 4.69) is 179 Å². The molecule has 12 aromatic rings. The van der Waals surface area contributed by atoms with E-state index in [-0.39, 0.29) is 0 Å². The average Bonchev–Trinajstić information content (AvgIpc) is 3.85. The van der Waals surface area contributed by atoms with Crippen molar-refractivity contribution in [2.24, 2.45) is 0 Å². The summed E-state index contributed by atoms with van der Waals surface area (Å²) in [5.74, 6) is 0.669. The Morgan fingerprint density at radius 3 is 1.92 bits per heavy atom. The van der Waals surface area contributed by atoms with Gasteiger partial charge in [-0.05, 0) is 58.3 Å². The standard InChI is InChI=1S/C48H28N4/c1-2-12-29(13-3-1)32-24-25-35-39-28-38-34-16-7-10-20-41(34)52(47(38)44-37-18-8-11-21-42(37)51(46(39)44)43(35)27-32)48-49-40-19-9-6-17-36(40)45(50-48)33-23-22-30-14-4-5-15-31(30)26-33/h1-28H. The normalized spacial score (nSPS) is 12.2. The number of aromatic nitrogens is 4. The average molecular weight is 661 g/mol. The van der Waals surface area contributed by atoms with Gasteiger partial charge in [0.1, 0.15) is 0 Å². The van der Waals surface area contributed by atoms with E-state index in [1.807, 2.05) is 0 Å². The first-order chi connectivity index (χ1) is 25.8. The predicted octanol–water partition coefficient (Wildman–Crippen LogP) is 12.4. The van der Waals surface area contributed by atoms with Crippen molar-refractivity contribution in [3.8, 4) is 28.3 Å². The summed E-state index contributed by atoms with van der Waals surface area (Å²) in [6, 6.07) is 61.1. The molecule has 0 aliphatic carbocycles. The highest BCUT2D eigenvalue weighted by Crippen LogP contribution is 2.47. The van der Waals surface area contributed by atoms with Crippen LogP contribution in [0.2, 0.25) is 0 Å². The quantitative estimate of drug-likeness (QED) is 0.189. The van der Waals surface area contributed by atoms with Crippen LogP contribution in [0.15, 0.2) is 170 Å². The Bertz CT molecular complexity index is 3410. The lowest BCUT2D eigenvalue weighted by atomic mass is 10.0. The molecular formula is C48H28N4. The van der Waals surface area contributed by atoms with Gasteiger partial charge in [-0.2, -0.15) is 0 Å². The van der Waals surface area contributed by atoms with E-state index in [0.717, 1.165) is 33.2 Å². The molecule has 0 amide bonds. The first-order valence-electron chi connectivity index (χ1n) is 17.8. The Labute approximate surface area is 297 Å². The third-order valence-corrected chi connectivity index (χ3v) is 11.0. The van der Waals surface area contributed by atoms with Gasteiger partial charge >= 0.3 is 0 Å². The third kappa shape index (κ3) is 3.70. The molecule has 0 aliphatic rings. The molecule has 0 saturated carbocycles. The van der Waals surface area contributed by atoms with E-state index in [0.29, 0.717) is 5.95 Å². The largest absolute Gasteiger partial charge is 0.308 e. The molecule has 4 aromatic heterocycles. The fourth-order valence-corrected chi connectivity index (χ4v) is 8.74. The summed E-state index contributed by atoms with van der Waals surface area (Å²) in [5.41, 5.74) is 11.2. The summed E-state index contributed by atoms with van der Waals surface area (Å²) in [6.07, 6.45) is 0. The van der Waals surface area contributed by atoms with Gasteiger partial charge in [0.25, 0.3) is 0 Å². The molecule has 0 saturated heterocycles. The van der Waals surface area contributed by atoms with Crippen molar-refractivity contribution in [3.05, 3.63) is 170 Å². The van der Waals surface area contributed by atoms with Crippen LogP contribution in [0.3, 0.4) is 0 Å². The second kappa shape index (κ2) is 10.3. The highest BCUT2D eigenvalue weighted by molar-refractivity contribution is 6.34. The minimum absolute atomic E-state index is 0.669. The summed E-state index contributed by atoms with van der Waals surface area (Å²) < 4.78 is 4.79. The highest BCUT2D eigenvalue weighted by Gasteiger charge is 2.25. The summed E-state index contributed by atoms with van der Waals surface area (Å²) in [5, 5.41) is 10.8. The number of hydrogen-bond donors (Lipinski definition) is 0. The fraction of sp³-hybridized carbons (Fsp3) is 0. The zero-order valence-corrected chi connectivity index (χ0v) is 28.0. The first kappa shape index (κ1) is 27.7. The lowest BCUT2D eigenvalue weighted by Crippen LogP contribution is -2.03. The van der Waals surface area contributed by atoms with Crippen molar-refractivity contribution in [1.82, 2.24) is 18.9 Å². The molecule has 4 heteroatoms. The van der Waals surface area contributed by atoms with Gasteiger partial charge in [-0.15, -0.1) is 0 Å². The van der Waals surface area contributed by atoms with Crippen molar-refractivity contribution in [3.63, 3.8) is 0 Å². The highest BCUT2D eigenvalue weighted by atomic mass is 15.2. The molecule has 240 valence electrons. The van der Waals surface area contributed by atoms with Crippen molar-refractivity contribution in [1.29, 1.82) is 0 Å². The maximum Gasteiger partial charge on any atom is 0.235 e. The summed E-state index contributed by atoms with van der Waals surface area (Å²) in [4.78, 5) is 10.8.